The van der Waals surface area contributed by atoms with Crippen LogP contribution in [0.1, 0.15) is 42.2 Å². The fourth-order valence-corrected chi connectivity index (χ4v) is 2.31. The monoisotopic (exact) mass is 284 g/mol. The van der Waals surface area contributed by atoms with Gasteiger partial charge in [-0.25, -0.2) is 9.97 Å². The lowest BCUT2D eigenvalue weighted by molar-refractivity contribution is 0.548. The van der Waals surface area contributed by atoms with Crippen molar-refractivity contribution in [1.82, 2.24) is 20.3 Å². The minimum absolute atomic E-state index is 0.649. The molecule has 4 heteroatoms. The molecule has 1 N–H and O–H groups in total. The van der Waals surface area contributed by atoms with Crippen LogP contribution in [0.4, 0.5) is 0 Å². The van der Waals surface area contributed by atoms with Crippen molar-refractivity contribution >= 4 is 0 Å². The largest absolute Gasteiger partial charge is 0.312 e. The van der Waals surface area contributed by atoms with Crippen LogP contribution in [0.15, 0.2) is 24.5 Å². The molecule has 0 amide bonds. The van der Waals surface area contributed by atoms with Crippen molar-refractivity contribution < 1.29 is 0 Å². The summed E-state index contributed by atoms with van der Waals surface area (Å²) in [6, 6.07) is 4.00. The molecule has 2 aromatic rings. The average molecular weight is 284 g/mol. The molecule has 2 heterocycles. The molecule has 0 radical (unpaired) electrons. The van der Waals surface area contributed by atoms with E-state index in [1.807, 2.05) is 12.3 Å². The normalized spacial score (nSPS) is 11.1. The molecule has 4 nitrogen and oxygen atoms in total. The van der Waals surface area contributed by atoms with Gasteiger partial charge in [-0.05, 0) is 37.9 Å². The van der Waals surface area contributed by atoms with E-state index >= 15 is 0 Å². The molecule has 0 aromatic carbocycles. The number of aryl methyl sites for hydroxylation is 2. The minimum atomic E-state index is 0.649. The van der Waals surface area contributed by atoms with Gasteiger partial charge in [0.15, 0.2) is 0 Å². The third-order valence-electron chi connectivity index (χ3n) is 3.41. The molecule has 0 fully saturated rings. The maximum atomic E-state index is 4.65. The molecule has 0 unspecified atom stereocenters. The Morgan fingerprint density at radius 2 is 1.86 bits per heavy atom. The number of nitrogens with one attached hydrogen (secondary N) is 1. The second kappa shape index (κ2) is 7.27. The van der Waals surface area contributed by atoms with Gasteiger partial charge in [0.25, 0.3) is 0 Å². The molecule has 0 aliphatic carbocycles. The first kappa shape index (κ1) is 15.6. The third kappa shape index (κ3) is 4.60. The van der Waals surface area contributed by atoms with Crippen LogP contribution in [0.5, 0.6) is 0 Å². The van der Waals surface area contributed by atoms with Gasteiger partial charge >= 0.3 is 0 Å². The Kier molecular flexibility index (Phi) is 5.39. The van der Waals surface area contributed by atoms with E-state index in [-0.39, 0.29) is 0 Å². The Balaban J connectivity index is 2.09. The summed E-state index contributed by atoms with van der Waals surface area (Å²) in [6.07, 6.45) is 4.38. The number of pyridine rings is 1. The molecule has 0 aliphatic heterocycles. The summed E-state index contributed by atoms with van der Waals surface area (Å²) in [5.74, 6) is 1.52. The third-order valence-corrected chi connectivity index (χ3v) is 3.41. The van der Waals surface area contributed by atoms with Gasteiger partial charge in [-0.2, -0.15) is 0 Å². The minimum Gasteiger partial charge on any atom is -0.312 e. The molecule has 0 spiro atoms. The first-order valence-corrected chi connectivity index (χ1v) is 7.49. The second-order valence-corrected chi connectivity index (χ2v) is 5.85. The lowest BCUT2D eigenvalue weighted by Crippen LogP contribution is -2.21. The van der Waals surface area contributed by atoms with Gasteiger partial charge in [0.05, 0.1) is 0 Å². The van der Waals surface area contributed by atoms with Gasteiger partial charge in [-0.3, -0.25) is 4.98 Å². The highest BCUT2D eigenvalue weighted by atomic mass is 14.9. The highest BCUT2D eigenvalue weighted by Crippen LogP contribution is 2.12. The molecular weight excluding hydrogens is 260 g/mol. The highest BCUT2D eigenvalue weighted by Gasteiger charge is 2.09. The van der Waals surface area contributed by atoms with Crippen LogP contribution in [-0.2, 0) is 13.0 Å². The van der Waals surface area contributed by atoms with Crippen LogP contribution in [0.2, 0.25) is 0 Å². The number of aromatic nitrogens is 3. The second-order valence-electron chi connectivity index (χ2n) is 5.85. The quantitative estimate of drug-likeness (QED) is 0.886. The molecule has 0 bridgehead atoms. The van der Waals surface area contributed by atoms with Crippen molar-refractivity contribution in [3.05, 3.63) is 52.9 Å². The van der Waals surface area contributed by atoms with Crippen LogP contribution in [0, 0.1) is 19.8 Å². The predicted octanol–water partition coefficient (Wildman–Crippen LogP) is 2.82. The fourth-order valence-electron chi connectivity index (χ4n) is 2.31. The van der Waals surface area contributed by atoms with E-state index in [0.29, 0.717) is 5.92 Å². The van der Waals surface area contributed by atoms with Crippen molar-refractivity contribution in [2.45, 2.75) is 40.7 Å². The molecule has 0 atom stereocenters. The summed E-state index contributed by atoms with van der Waals surface area (Å²) in [7, 11) is 0. The van der Waals surface area contributed by atoms with E-state index in [9.17, 15) is 0 Å². The summed E-state index contributed by atoms with van der Waals surface area (Å²) in [5, 5.41) is 3.46. The van der Waals surface area contributed by atoms with E-state index in [0.717, 1.165) is 42.3 Å². The van der Waals surface area contributed by atoms with Gasteiger partial charge < -0.3 is 5.32 Å². The van der Waals surface area contributed by atoms with Gasteiger partial charge in [0, 0.05) is 42.3 Å². The summed E-state index contributed by atoms with van der Waals surface area (Å²) in [5.41, 5.74) is 4.49. The number of rotatable bonds is 6. The SMILES string of the molecule is Cc1nc(Cc2cccnc2)nc(C)c1CNCC(C)C. The Morgan fingerprint density at radius 1 is 1.14 bits per heavy atom. The fraction of sp³-hybridized carbons (Fsp3) is 0.471. The summed E-state index contributed by atoms with van der Waals surface area (Å²) >= 11 is 0. The van der Waals surface area contributed by atoms with Gasteiger partial charge in [0.1, 0.15) is 5.82 Å². The van der Waals surface area contributed by atoms with Crippen molar-refractivity contribution in [3.63, 3.8) is 0 Å². The van der Waals surface area contributed by atoms with Crippen molar-refractivity contribution in [3.8, 4) is 0 Å². The summed E-state index contributed by atoms with van der Waals surface area (Å²) in [6.45, 7) is 10.4. The zero-order chi connectivity index (χ0) is 15.2. The number of hydrogen-bond donors (Lipinski definition) is 1. The zero-order valence-corrected chi connectivity index (χ0v) is 13.3. The Bertz CT molecular complexity index is 556. The molecule has 21 heavy (non-hydrogen) atoms. The van der Waals surface area contributed by atoms with E-state index in [2.05, 4.69) is 54.0 Å². The smallest absolute Gasteiger partial charge is 0.133 e. The Hall–Kier alpha value is -1.81. The van der Waals surface area contributed by atoms with Crippen molar-refractivity contribution in [2.24, 2.45) is 5.92 Å². The number of nitrogens with zero attached hydrogens (tertiary/aromatic N) is 3. The molecule has 0 aliphatic rings. The van der Waals surface area contributed by atoms with Gasteiger partial charge in [-0.1, -0.05) is 19.9 Å². The van der Waals surface area contributed by atoms with Crippen LogP contribution in [-0.4, -0.2) is 21.5 Å². The van der Waals surface area contributed by atoms with Gasteiger partial charge in [0.2, 0.25) is 0 Å². The topological polar surface area (TPSA) is 50.7 Å². The lowest BCUT2D eigenvalue weighted by atomic mass is 10.1. The average Bonchev–Trinajstić information content (AvgIpc) is 2.42. The van der Waals surface area contributed by atoms with E-state index in [1.54, 1.807) is 6.20 Å². The maximum Gasteiger partial charge on any atom is 0.133 e. The van der Waals surface area contributed by atoms with Gasteiger partial charge in [-0.15, -0.1) is 0 Å². The molecule has 2 rings (SSSR count). The zero-order valence-electron chi connectivity index (χ0n) is 13.3. The molecule has 2 aromatic heterocycles. The predicted molar refractivity (Wildman–Crippen MR) is 85.1 cm³/mol. The van der Waals surface area contributed by atoms with E-state index in [1.165, 1.54) is 5.56 Å². The summed E-state index contributed by atoms with van der Waals surface area (Å²) < 4.78 is 0. The van der Waals surface area contributed by atoms with E-state index in [4.69, 9.17) is 0 Å². The maximum absolute atomic E-state index is 4.65. The first-order valence-electron chi connectivity index (χ1n) is 7.49. The van der Waals surface area contributed by atoms with Crippen molar-refractivity contribution in [1.29, 1.82) is 0 Å². The molecular formula is C17H24N4. The van der Waals surface area contributed by atoms with Crippen LogP contribution in [0.25, 0.3) is 0 Å². The van der Waals surface area contributed by atoms with Crippen LogP contribution < -0.4 is 5.32 Å². The van der Waals surface area contributed by atoms with Crippen molar-refractivity contribution in [2.75, 3.05) is 6.54 Å². The molecule has 0 saturated carbocycles. The Morgan fingerprint density at radius 3 is 2.43 bits per heavy atom. The van der Waals surface area contributed by atoms with Crippen LogP contribution >= 0.6 is 0 Å². The number of hydrogen-bond acceptors (Lipinski definition) is 4. The highest BCUT2D eigenvalue weighted by molar-refractivity contribution is 5.26. The molecule has 0 saturated heterocycles. The molecule has 112 valence electrons. The summed E-state index contributed by atoms with van der Waals surface area (Å²) in [4.78, 5) is 13.4. The first-order chi connectivity index (χ1) is 10.1. The standard InChI is InChI=1S/C17H24N4/c1-12(2)9-19-11-16-13(3)20-17(21-14(16)4)8-15-6-5-7-18-10-15/h5-7,10,12,19H,8-9,11H2,1-4H3. The van der Waals surface area contributed by atoms with Crippen LogP contribution in [0.3, 0.4) is 0 Å². The lowest BCUT2D eigenvalue weighted by Gasteiger charge is -2.13. The Labute approximate surface area is 127 Å². The van der Waals surface area contributed by atoms with E-state index < -0.39 is 0 Å².